The van der Waals surface area contributed by atoms with Gasteiger partial charge in [-0.3, -0.25) is 19.2 Å². The van der Waals surface area contributed by atoms with Crippen LogP contribution in [-0.4, -0.2) is 60.0 Å². The summed E-state index contributed by atoms with van der Waals surface area (Å²) in [7, 11) is 0. The van der Waals surface area contributed by atoms with Gasteiger partial charge in [-0.15, -0.1) is 0 Å². The van der Waals surface area contributed by atoms with Crippen molar-refractivity contribution in [3.63, 3.8) is 0 Å². The molecule has 4 rings (SSSR count). The number of nitrogens with zero attached hydrogens (tertiary/aromatic N) is 1. The Balaban J connectivity index is 1.60. The minimum Gasteiger partial charge on any atom is -0.446 e. The van der Waals surface area contributed by atoms with Crippen LogP contribution in [0.1, 0.15) is 73.9 Å². The molecule has 0 aliphatic carbocycles. The summed E-state index contributed by atoms with van der Waals surface area (Å²) in [6, 6.07) is 6.97. The summed E-state index contributed by atoms with van der Waals surface area (Å²) in [5, 5.41) is 11.5. The Morgan fingerprint density at radius 1 is 1.05 bits per heavy atom. The maximum absolute atomic E-state index is 13.6. The zero-order valence-electron chi connectivity index (χ0n) is 22.4. The zero-order chi connectivity index (χ0) is 27.8. The number of fused-ring (bicyclic) bond motifs is 2. The van der Waals surface area contributed by atoms with Gasteiger partial charge in [0.2, 0.25) is 23.6 Å². The Morgan fingerprint density at radius 2 is 1.85 bits per heavy atom. The van der Waals surface area contributed by atoms with Crippen LogP contribution in [0.4, 0.5) is 0 Å². The second-order valence-corrected chi connectivity index (χ2v) is 10.4. The van der Waals surface area contributed by atoms with Crippen molar-refractivity contribution in [1.82, 2.24) is 26.3 Å². The van der Waals surface area contributed by atoms with Crippen LogP contribution >= 0.6 is 0 Å². The van der Waals surface area contributed by atoms with Crippen molar-refractivity contribution < 1.29 is 28.3 Å². The third kappa shape index (κ3) is 7.66. The summed E-state index contributed by atoms with van der Waals surface area (Å²) < 4.78 is 11.1. The van der Waals surface area contributed by atoms with E-state index >= 15 is 0 Å². The molecule has 0 unspecified atom stereocenters. The number of hydrogen-bond donors (Lipinski definition) is 4. The normalized spacial score (nSPS) is 25.1. The molecule has 2 aromatic rings. The molecule has 2 aliphatic heterocycles. The van der Waals surface area contributed by atoms with E-state index in [9.17, 15) is 19.2 Å². The number of benzene rings is 1. The van der Waals surface area contributed by atoms with Crippen molar-refractivity contribution in [1.29, 1.82) is 0 Å². The third-order valence-corrected chi connectivity index (χ3v) is 6.96. The molecular weight excluding hydrogens is 502 g/mol. The van der Waals surface area contributed by atoms with Crippen LogP contribution in [0.25, 0.3) is 0 Å². The Bertz CT molecular complexity index is 1140. The maximum atomic E-state index is 13.6. The molecule has 0 spiro atoms. The molecule has 0 radical (unpaired) electrons. The molecule has 2 aliphatic rings. The average Bonchev–Trinajstić information content (AvgIpc) is 3.63. The number of nitrogens with one attached hydrogen (secondary N) is 4. The number of aromatic nitrogens is 1. The van der Waals surface area contributed by atoms with E-state index in [0.29, 0.717) is 38.8 Å². The van der Waals surface area contributed by atoms with E-state index in [1.807, 2.05) is 44.2 Å². The Labute approximate surface area is 227 Å². The first-order valence-corrected chi connectivity index (χ1v) is 13.6. The van der Waals surface area contributed by atoms with Crippen LogP contribution in [0.2, 0.25) is 0 Å². The Kier molecular flexibility index (Phi) is 9.69. The first-order valence-electron chi connectivity index (χ1n) is 13.6. The van der Waals surface area contributed by atoms with Gasteiger partial charge < -0.3 is 30.4 Å². The summed E-state index contributed by atoms with van der Waals surface area (Å²) in [5.41, 5.74) is 0.997. The maximum Gasteiger partial charge on any atom is 0.273 e. The molecule has 4 N–H and O–H groups in total. The van der Waals surface area contributed by atoms with Crippen LogP contribution < -0.4 is 21.3 Å². The topological polar surface area (TPSA) is 152 Å². The molecule has 11 nitrogen and oxygen atoms in total. The second kappa shape index (κ2) is 13.4. The molecule has 2 bridgehead atoms. The van der Waals surface area contributed by atoms with Gasteiger partial charge in [0.05, 0.1) is 0 Å². The van der Waals surface area contributed by atoms with Crippen molar-refractivity contribution in [2.75, 3.05) is 13.2 Å². The summed E-state index contributed by atoms with van der Waals surface area (Å²) in [6.07, 6.45) is 3.80. The number of rotatable bonds is 5. The van der Waals surface area contributed by atoms with E-state index in [1.165, 1.54) is 6.26 Å². The molecule has 210 valence electrons. The highest BCUT2D eigenvalue weighted by Gasteiger charge is 2.33. The molecule has 1 aromatic carbocycles. The van der Waals surface area contributed by atoms with Gasteiger partial charge in [-0.1, -0.05) is 44.2 Å². The van der Waals surface area contributed by atoms with Crippen LogP contribution in [0, 0.1) is 5.92 Å². The minimum absolute atomic E-state index is 0.117. The minimum atomic E-state index is -0.922. The van der Waals surface area contributed by atoms with E-state index in [0.717, 1.165) is 12.0 Å². The first kappa shape index (κ1) is 28.3. The van der Waals surface area contributed by atoms with Gasteiger partial charge in [-0.2, -0.15) is 0 Å². The van der Waals surface area contributed by atoms with Crippen LogP contribution in [0.3, 0.4) is 0 Å². The van der Waals surface area contributed by atoms with Gasteiger partial charge in [0.1, 0.15) is 30.5 Å². The first-order chi connectivity index (χ1) is 18.8. The SMILES string of the molecule is CC(C)[C@@H]1NC(=O)[C@H](Cc2ccccc2)NC(=O)[C@@H](NC(=O)[C@H]2CCCO2)CCCCNC(=O)c2coc1n2. The molecule has 11 heteroatoms. The standard InChI is InChI=1S/C28H37N5O6/c1-17(2)23-28-32-21(16-39-28)24(34)29-13-7-6-11-19(30-27(37)22-12-8-14-38-22)25(35)31-20(26(36)33-23)15-18-9-4-3-5-10-18/h3-5,9-10,16-17,19-20,22-23H,6-8,11-15H2,1-2H3,(H,29,34)(H,30,37)(H,31,35)(H,33,36)/t19-,20-,22+,23-/m0/s1. The quantitative estimate of drug-likeness (QED) is 0.452. The molecule has 4 amide bonds. The summed E-state index contributed by atoms with van der Waals surface area (Å²) in [6.45, 7) is 4.68. The van der Waals surface area contributed by atoms with Gasteiger partial charge in [-0.25, -0.2) is 4.98 Å². The van der Waals surface area contributed by atoms with E-state index < -0.39 is 36.0 Å². The van der Waals surface area contributed by atoms with Gasteiger partial charge in [0.15, 0.2) is 5.69 Å². The molecule has 3 heterocycles. The molecule has 1 saturated heterocycles. The van der Waals surface area contributed by atoms with Crippen molar-refractivity contribution in [2.24, 2.45) is 5.92 Å². The van der Waals surface area contributed by atoms with Crippen LogP contribution in [0.15, 0.2) is 41.0 Å². The van der Waals surface area contributed by atoms with Crippen LogP contribution in [-0.2, 0) is 25.5 Å². The summed E-state index contributed by atoms with van der Waals surface area (Å²) in [5.74, 6) is -1.50. The van der Waals surface area contributed by atoms with Gasteiger partial charge >= 0.3 is 0 Å². The predicted molar refractivity (Wildman–Crippen MR) is 141 cm³/mol. The number of carbonyl (C=O) groups excluding carboxylic acids is 4. The average molecular weight is 540 g/mol. The zero-order valence-corrected chi connectivity index (χ0v) is 22.4. The fraction of sp³-hybridized carbons (Fsp3) is 0.536. The monoisotopic (exact) mass is 539 g/mol. The lowest BCUT2D eigenvalue weighted by molar-refractivity contribution is -0.136. The summed E-state index contributed by atoms with van der Waals surface area (Å²) >= 11 is 0. The number of hydrogen-bond acceptors (Lipinski definition) is 7. The number of amides is 4. The van der Waals surface area contributed by atoms with Crippen molar-refractivity contribution in [3.05, 3.63) is 53.7 Å². The highest BCUT2D eigenvalue weighted by atomic mass is 16.5. The fourth-order valence-corrected chi connectivity index (χ4v) is 4.72. The molecule has 39 heavy (non-hydrogen) atoms. The highest BCUT2D eigenvalue weighted by molar-refractivity contribution is 5.93. The molecule has 0 saturated carbocycles. The van der Waals surface area contributed by atoms with E-state index in [2.05, 4.69) is 26.3 Å². The largest absolute Gasteiger partial charge is 0.446 e. The lowest BCUT2D eigenvalue weighted by Gasteiger charge is -2.26. The van der Waals surface area contributed by atoms with Gasteiger partial charge in [0, 0.05) is 19.6 Å². The van der Waals surface area contributed by atoms with E-state index in [-0.39, 0.29) is 35.7 Å². The van der Waals surface area contributed by atoms with Crippen molar-refractivity contribution in [3.8, 4) is 0 Å². The van der Waals surface area contributed by atoms with Gasteiger partial charge in [0.25, 0.3) is 5.91 Å². The number of oxazole rings is 1. The third-order valence-electron chi connectivity index (χ3n) is 6.96. The molecule has 1 aromatic heterocycles. The van der Waals surface area contributed by atoms with E-state index in [4.69, 9.17) is 9.15 Å². The Morgan fingerprint density at radius 3 is 2.56 bits per heavy atom. The Hall–Kier alpha value is -3.73. The number of carbonyl (C=O) groups is 4. The highest BCUT2D eigenvalue weighted by Crippen LogP contribution is 2.22. The predicted octanol–water partition coefficient (Wildman–Crippen LogP) is 1.79. The fourth-order valence-electron chi connectivity index (χ4n) is 4.72. The van der Waals surface area contributed by atoms with Crippen molar-refractivity contribution in [2.45, 2.75) is 76.6 Å². The lowest BCUT2D eigenvalue weighted by Crippen LogP contribution is -2.56. The van der Waals surface area contributed by atoms with Crippen molar-refractivity contribution >= 4 is 23.6 Å². The smallest absolute Gasteiger partial charge is 0.273 e. The molecule has 1 fully saturated rings. The molecule has 4 atom stereocenters. The van der Waals surface area contributed by atoms with Crippen LogP contribution in [0.5, 0.6) is 0 Å². The molecular formula is C28H37N5O6. The van der Waals surface area contributed by atoms with E-state index in [1.54, 1.807) is 0 Å². The lowest BCUT2D eigenvalue weighted by atomic mass is 10.0. The second-order valence-electron chi connectivity index (χ2n) is 10.4. The summed E-state index contributed by atoms with van der Waals surface area (Å²) in [4.78, 5) is 56.8. The van der Waals surface area contributed by atoms with Gasteiger partial charge in [-0.05, 0) is 43.6 Å². The number of ether oxygens (including phenoxy) is 1.